The minimum absolute atomic E-state index is 0.253. The van der Waals surface area contributed by atoms with Gasteiger partial charge in [-0.05, 0) is 31.2 Å². The van der Waals surface area contributed by atoms with Gasteiger partial charge in [0.25, 0.3) is 0 Å². The zero-order valence-corrected chi connectivity index (χ0v) is 27.4. The van der Waals surface area contributed by atoms with Gasteiger partial charge >= 0.3 is 5.97 Å². The van der Waals surface area contributed by atoms with Gasteiger partial charge < -0.3 is 56.8 Å². The third-order valence-electron chi connectivity index (χ3n) is 5.62. The molecule has 0 aliphatic heterocycles. The van der Waals surface area contributed by atoms with Crippen LogP contribution < -0.4 is 4.74 Å². The molecular weight excluding hydrogens is 608 g/mol. The number of benzene rings is 1. The second-order valence-corrected chi connectivity index (χ2v) is 9.21. The van der Waals surface area contributed by atoms with Crippen LogP contribution in [0.3, 0.4) is 0 Å². The molecule has 0 amide bonds. The first-order chi connectivity index (χ1) is 22.8. The summed E-state index contributed by atoms with van der Waals surface area (Å²) >= 11 is 0. The Kier molecular flexibility index (Phi) is 31.0. The van der Waals surface area contributed by atoms with E-state index in [1.54, 1.807) is 31.2 Å². The molecule has 14 heteroatoms. The first kappa shape index (κ1) is 41.8. The van der Waals surface area contributed by atoms with E-state index in [0.29, 0.717) is 157 Å². The molecule has 1 rings (SSSR count). The van der Waals surface area contributed by atoms with Crippen molar-refractivity contribution in [3.05, 3.63) is 29.8 Å². The van der Waals surface area contributed by atoms with Gasteiger partial charge in [-0.2, -0.15) is 0 Å². The highest BCUT2D eigenvalue weighted by Gasteiger charge is 2.01. The van der Waals surface area contributed by atoms with Crippen LogP contribution in [0.25, 0.3) is 0 Å². The summed E-state index contributed by atoms with van der Waals surface area (Å²) in [5.74, 6) is 0.447. The Balaban J connectivity index is 1.64. The van der Waals surface area contributed by atoms with Gasteiger partial charge in [0.05, 0.1) is 145 Å². The monoisotopic (exact) mass is 662 g/mol. The SMILES string of the molecule is CCOC(=O)CCOCCOCCOCCOCCOCCOCCOCCOCCOCCOCCOc1ccc(C=O)cc1. The van der Waals surface area contributed by atoms with Gasteiger partial charge in [-0.3, -0.25) is 9.59 Å². The molecule has 0 saturated heterocycles. The van der Waals surface area contributed by atoms with Gasteiger partial charge in [0, 0.05) is 5.56 Å². The van der Waals surface area contributed by atoms with E-state index in [1.165, 1.54) is 0 Å². The first-order valence-corrected chi connectivity index (χ1v) is 15.9. The predicted molar refractivity (Wildman–Crippen MR) is 167 cm³/mol. The zero-order valence-electron chi connectivity index (χ0n) is 27.4. The summed E-state index contributed by atoms with van der Waals surface area (Å²) in [5.41, 5.74) is 0.615. The van der Waals surface area contributed by atoms with Crippen molar-refractivity contribution in [2.45, 2.75) is 13.3 Å². The quantitative estimate of drug-likeness (QED) is 0.0587. The van der Waals surface area contributed by atoms with Crippen LogP contribution in [0.15, 0.2) is 24.3 Å². The van der Waals surface area contributed by atoms with Crippen LogP contribution in [0, 0.1) is 0 Å². The van der Waals surface area contributed by atoms with Gasteiger partial charge in [-0.1, -0.05) is 0 Å². The minimum Gasteiger partial charge on any atom is -0.491 e. The number of hydrogen-bond acceptors (Lipinski definition) is 14. The molecule has 0 aliphatic carbocycles. The fraction of sp³-hybridized carbons (Fsp3) is 0.750. The Hall–Kier alpha value is -2.24. The maximum absolute atomic E-state index is 11.1. The predicted octanol–water partition coefficient (Wildman–Crippen LogP) is 2.00. The van der Waals surface area contributed by atoms with Gasteiger partial charge in [0.1, 0.15) is 18.6 Å². The molecule has 0 heterocycles. The van der Waals surface area contributed by atoms with Gasteiger partial charge in [-0.25, -0.2) is 0 Å². The molecule has 14 nitrogen and oxygen atoms in total. The highest BCUT2D eigenvalue weighted by molar-refractivity contribution is 5.74. The average Bonchev–Trinajstić information content (AvgIpc) is 3.07. The van der Waals surface area contributed by atoms with Crippen molar-refractivity contribution in [3.8, 4) is 5.75 Å². The van der Waals surface area contributed by atoms with Gasteiger partial charge in [0.15, 0.2) is 0 Å². The zero-order chi connectivity index (χ0) is 33.0. The van der Waals surface area contributed by atoms with Crippen LogP contribution in [0.2, 0.25) is 0 Å². The average molecular weight is 663 g/mol. The molecule has 0 atom stereocenters. The summed E-state index contributed by atoms with van der Waals surface area (Å²) in [7, 11) is 0. The van der Waals surface area contributed by atoms with Gasteiger partial charge in [-0.15, -0.1) is 0 Å². The normalized spacial score (nSPS) is 11.2. The van der Waals surface area contributed by atoms with E-state index < -0.39 is 0 Å². The Morgan fingerprint density at radius 1 is 0.478 bits per heavy atom. The molecule has 266 valence electrons. The van der Waals surface area contributed by atoms with E-state index >= 15 is 0 Å². The van der Waals surface area contributed by atoms with Gasteiger partial charge in [0.2, 0.25) is 0 Å². The maximum atomic E-state index is 11.1. The molecule has 0 fully saturated rings. The molecule has 1 aromatic rings. The molecule has 0 aromatic heterocycles. The third kappa shape index (κ3) is 29.2. The first-order valence-electron chi connectivity index (χ1n) is 15.9. The maximum Gasteiger partial charge on any atom is 0.308 e. The largest absolute Gasteiger partial charge is 0.491 e. The van der Waals surface area contributed by atoms with Crippen LogP contribution in [0.5, 0.6) is 5.75 Å². The number of carbonyl (C=O) groups excluding carboxylic acids is 2. The second kappa shape index (κ2) is 34.1. The Bertz CT molecular complexity index is 796. The summed E-state index contributed by atoms with van der Waals surface area (Å²) in [6.45, 7) is 12.0. The van der Waals surface area contributed by atoms with E-state index in [-0.39, 0.29) is 12.4 Å². The third-order valence-corrected chi connectivity index (χ3v) is 5.62. The lowest BCUT2D eigenvalue weighted by atomic mass is 10.2. The lowest BCUT2D eigenvalue weighted by Gasteiger charge is -2.09. The van der Waals surface area contributed by atoms with E-state index in [2.05, 4.69) is 0 Å². The van der Waals surface area contributed by atoms with Crippen LogP contribution in [0.4, 0.5) is 0 Å². The van der Waals surface area contributed by atoms with Crippen molar-refractivity contribution in [2.75, 3.05) is 145 Å². The summed E-state index contributed by atoms with van der Waals surface area (Å²) in [6, 6.07) is 6.92. The number of ether oxygens (including phenoxy) is 12. The van der Waals surface area contributed by atoms with Crippen LogP contribution in [-0.4, -0.2) is 158 Å². The van der Waals surface area contributed by atoms with Crippen molar-refractivity contribution < 1.29 is 66.4 Å². The molecule has 0 unspecified atom stereocenters. The van der Waals surface area contributed by atoms with Crippen molar-refractivity contribution in [2.24, 2.45) is 0 Å². The molecule has 46 heavy (non-hydrogen) atoms. The lowest BCUT2D eigenvalue weighted by Crippen LogP contribution is -2.15. The van der Waals surface area contributed by atoms with Crippen molar-refractivity contribution in [1.82, 2.24) is 0 Å². The molecule has 0 N–H and O–H groups in total. The molecular formula is C32H54O14. The van der Waals surface area contributed by atoms with E-state index in [9.17, 15) is 9.59 Å². The topological polar surface area (TPSA) is 145 Å². The van der Waals surface area contributed by atoms with E-state index in [0.717, 1.165) is 6.29 Å². The molecule has 1 aromatic carbocycles. The van der Waals surface area contributed by atoms with Crippen molar-refractivity contribution in [3.63, 3.8) is 0 Å². The Labute approximate surface area is 273 Å². The summed E-state index contributed by atoms with van der Waals surface area (Å²) < 4.78 is 64.7. The van der Waals surface area contributed by atoms with E-state index in [1.807, 2.05) is 0 Å². The van der Waals surface area contributed by atoms with Crippen molar-refractivity contribution in [1.29, 1.82) is 0 Å². The minimum atomic E-state index is -0.254. The molecule has 0 radical (unpaired) electrons. The number of rotatable bonds is 36. The molecule has 0 bridgehead atoms. The van der Waals surface area contributed by atoms with Crippen LogP contribution >= 0.6 is 0 Å². The number of esters is 1. The Morgan fingerprint density at radius 2 is 0.783 bits per heavy atom. The number of carbonyl (C=O) groups is 2. The second-order valence-electron chi connectivity index (χ2n) is 9.21. The molecule has 0 saturated carbocycles. The fourth-order valence-corrected chi connectivity index (χ4v) is 3.33. The smallest absolute Gasteiger partial charge is 0.308 e. The highest BCUT2D eigenvalue weighted by atomic mass is 16.6. The van der Waals surface area contributed by atoms with Crippen LogP contribution in [0.1, 0.15) is 23.7 Å². The standard InChI is InChI=1S/C32H54O14/c1-2-45-32(34)7-8-35-9-10-36-11-12-37-13-14-38-15-16-39-17-18-40-19-20-41-21-22-42-23-24-43-25-26-44-27-28-46-31-5-3-30(29-33)4-6-31/h3-6,29H,2,7-28H2,1H3. The molecule has 0 spiro atoms. The summed E-state index contributed by atoms with van der Waals surface area (Å²) in [5, 5.41) is 0. The Morgan fingerprint density at radius 3 is 1.09 bits per heavy atom. The number of hydrogen-bond donors (Lipinski definition) is 0. The van der Waals surface area contributed by atoms with Crippen LogP contribution in [-0.2, 0) is 56.9 Å². The number of aldehydes is 1. The summed E-state index contributed by atoms with van der Waals surface area (Å²) in [4.78, 5) is 21.8. The summed E-state index contributed by atoms with van der Waals surface area (Å²) in [6.07, 6.45) is 1.05. The fourth-order valence-electron chi connectivity index (χ4n) is 3.33. The molecule has 0 aliphatic rings. The highest BCUT2D eigenvalue weighted by Crippen LogP contribution is 2.10. The van der Waals surface area contributed by atoms with Crippen molar-refractivity contribution >= 4 is 12.3 Å². The lowest BCUT2D eigenvalue weighted by molar-refractivity contribution is -0.144. The van der Waals surface area contributed by atoms with E-state index in [4.69, 9.17) is 56.8 Å².